The second-order valence-corrected chi connectivity index (χ2v) is 4.67. The van der Waals surface area contributed by atoms with Gasteiger partial charge in [0.2, 0.25) is 0 Å². The van der Waals surface area contributed by atoms with Gasteiger partial charge in [-0.15, -0.1) is 0 Å². The Bertz CT molecular complexity index is 383. The second kappa shape index (κ2) is 5.52. The van der Waals surface area contributed by atoms with Crippen molar-refractivity contribution >= 4 is 0 Å². The number of ether oxygens (including phenoxy) is 1. The molecule has 0 aliphatic carbocycles. The number of methoxy groups -OCH3 is 1. The Morgan fingerprint density at radius 3 is 2.41 bits per heavy atom. The van der Waals surface area contributed by atoms with Crippen molar-refractivity contribution in [3.63, 3.8) is 0 Å². The zero-order chi connectivity index (χ0) is 13.1. The van der Waals surface area contributed by atoms with Gasteiger partial charge in [-0.05, 0) is 56.4 Å². The van der Waals surface area contributed by atoms with Crippen LogP contribution in [-0.2, 0) is 5.60 Å². The van der Waals surface area contributed by atoms with Crippen LogP contribution in [0, 0.1) is 13.8 Å². The van der Waals surface area contributed by atoms with E-state index in [1.54, 1.807) is 14.0 Å². The molecule has 3 heteroatoms. The van der Waals surface area contributed by atoms with Crippen molar-refractivity contribution in [1.29, 1.82) is 0 Å². The van der Waals surface area contributed by atoms with Crippen LogP contribution in [0.3, 0.4) is 0 Å². The molecule has 0 heterocycles. The van der Waals surface area contributed by atoms with Crippen LogP contribution in [0.5, 0.6) is 5.75 Å². The fourth-order valence-electron chi connectivity index (χ4n) is 2.16. The summed E-state index contributed by atoms with van der Waals surface area (Å²) in [6.07, 6.45) is 1.15. The van der Waals surface area contributed by atoms with E-state index in [1.165, 1.54) is 0 Å². The molecule has 96 valence electrons. The van der Waals surface area contributed by atoms with Crippen LogP contribution >= 0.6 is 0 Å². The average molecular weight is 238 g/mol. The summed E-state index contributed by atoms with van der Waals surface area (Å²) >= 11 is 0. The van der Waals surface area contributed by atoms with Gasteiger partial charge in [-0.2, -0.15) is 0 Å². The Labute approximate surface area is 103 Å². The molecule has 1 atom stereocenters. The number of aliphatic hydroxyl groups is 2. The van der Waals surface area contributed by atoms with E-state index in [-0.39, 0.29) is 6.61 Å². The van der Waals surface area contributed by atoms with E-state index in [1.807, 2.05) is 26.0 Å². The molecule has 0 saturated heterocycles. The molecule has 0 aromatic heterocycles. The van der Waals surface area contributed by atoms with Gasteiger partial charge in [0, 0.05) is 6.61 Å². The Balaban J connectivity index is 3.10. The molecule has 0 bridgehead atoms. The highest BCUT2D eigenvalue weighted by molar-refractivity contribution is 5.45. The van der Waals surface area contributed by atoms with E-state index in [4.69, 9.17) is 9.84 Å². The maximum absolute atomic E-state index is 10.4. The summed E-state index contributed by atoms with van der Waals surface area (Å²) in [7, 11) is 1.64. The zero-order valence-electron chi connectivity index (χ0n) is 11.1. The van der Waals surface area contributed by atoms with Crippen LogP contribution in [0.4, 0.5) is 0 Å². The molecule has 0 aliphatic heterocycles. The number of aliphatic hydroxyl groups excluding tert-OH is 1. The lowest BCUT2D eigenvalue weighted by atomic mass is 9.86. The Hall–Kier alpha value is -1.06. The highest BCUT2D eigenvalue weighted by atomic mass is 16.5. The highest BCUT2D eigenvalue weighted by Crippen LogP contribution is 2.33. The van der Waals surface area contributed by atoms with Crippen LogP contribution < -0.4 is 4.74 Å². The molecule has 0 aliphatic rings. The van der Waals surface area contributed by atoms with E-state index in [0.29, 0.717) is 12.8 Å². The normalized spacial score (nSPS) is 14.5. The first-order valence-corrected chi connectivity index (χ1v) is 5.92. The van der Waals surface area contributed by atoms with Crippen molar-refractivity contribution in [1.82, 2.24) is 0 Å². The third-order valence-corrected chi connectivity index (χ3v) is 3.36. The van der Waals surface area contributed by atoms with Crippen LogP contribution in [0.1, 0.15) is 36.5 Å². The SMILES string of the molecule is COc1ccc(C(C)(O)CCCO)c(C)c1C. The first-order valence-electron chi connectivity index (χ1n) is 5.92. The molecule has 1 aromatic rings. The molecule has 0 radical (unpaired) electrons. The van der Waals surface area contributed by atoms with Gasteiger partial charge < -0.3 is 14.9 Å². The van der Waals surface area contributed by atoms with E-state index < -0.39 is 5.60 Å². The lowest BCUT2D eigenvalue weighted by Crippen LogP contribution is -2.23. The van der Waals surface area contributed by atoms with Crippen molar-refractivity contribution < 1.29 is 14.9 Å². The van der Waals surface area contributed by atoms with Crippen LogP contribution in [0.25, 0.3) is 0 Å². The lowest BCUT2D eigenvalue weighted by molar-refractivity contribution is 0.0396. The maximum atomic E-state index is 10.4. The largest absolute Gasteiger partial charge is 0.496 e. The third kappa shape index (κ3) is 2.99. The summed E-state index contributed by atoms with van der Waals surface area (Å²) in [4.78, 5) is 0. The number of hydrogen-bond acceptors (Lipinski definition) is 3. The fourth-order valence-corrected chi connectivity index (χ4v) is 2.16. The fraction of sp³-hybridized carbons (Fsp3) is 0.571. The van der Waals surface area contributed by atoms with Gasteiger partial charge in [0.05, 0.1) is 12.7 Å². The van der Waals surface area contributed by atoms with Crippen LogP contribution in [0.15, 0.2) is 12.1 Å². The predicted octanol–water partition coefficient (Wildman–Crippen LogP) is 2.29. The van der Waals surface area contributed by atoms with E-state index >= 15 is 0 Å². The summed E-state index contributed by atoms with van der Waals surface area (Å²) in [5.41, 5.74) is 2.11. The van der Waals surface area contributed by atoms with Crippen LogP contribution in [-0.4, -0.2) is 23.9 Å². The molecule has 1 rings (SSSR count). The quantitative estimate of drug-likeness (QED) is 0.827. The zero-order valence-corrected chi connectivity index (χ0v) is 11.1. The van der Waals surface area contributed by atoms with E-state index in [0.717, 1.165) is 22.4 Å². The first-order chi connectivity index (χ1) is 7.94. The molecular formula is C14H22O3. The van der Waals surface area contributed by atoms with Crippen molar-refractivity contribution in [3.8, 4) is 5.75 Å². The molecule has 3 nitrogen and oxygen atoms in total. The topological polar surface area (TPSA) is 49.7 Å². The number of rotatable bonds is 5. The highest BCUT2D eigenvalue weighted by Gasteiger charge is 2.25. The van der Waals surface area contributed by atoms with Gasteiger partial charge in [-0.25, -0.2) is 0 Å². The van der Waals surface area contributed by atoms with Crippen LogP contribution in [0.2, 0.25) is 0 Å². The van der Waals surface area contributed by atoms with Gasteiger partial charge in [-0.3, -0.25) is 0 Å². The maximum Gasteiger partial charge on any atom is 0.122 e. The smallest absolute Gasteiger partial charge is 0.122 e. The first kappa shape index (κ1) is 14.0. The van der Waals surface area contributed by atoms with Gasteiger partial charge >= 0.3 is 0 Å². The predicted molar refractivity (Wildman–Crippen MR) is 68.4 cm³/mol. The molecule has 1 aromatic carbocycles. The summed E-state index contributed by atoms with van der Waals surface area (Å²) < 4.78 is 5.25. The Morgan fingerprint density at radius 1 is 1.24 bits per heavy atom. The van der Waals surface area contributed by atoms with Crippen molar-refractivity contribution in [2.24, 2.45) is 0 Å². The Morgan fingerprint density at radius 2 is 1.88 bits per heavy atom. The molecule has 2 N–H and O–H groups in total. The van der Waals surface area contributed by atoms with Gasteiger partial charge in [-0.1, -0.05) is 6.07 Å². The van der Waals surface area contributed by atoms with Gasteiger partial charge in [0.1, 0.15) is 5.75 Å². The molecule has 0 fully saturated rings. The second-order valence-electron chi connectivity index (χ2n) is 4.67. The molecule has 0 amide bonds. The molecular weight excluding hydrogens is 216 g/mol. The summed E-state index contributed by atoms with van der Waals surface area (Å²) in [5.74, 6) is 0.837. The summed E-state index contributed by atoms with van der Waals surface area (Å²) in [5, 5.41) is 19.3. The van der Waals surface area contributed by atoms with Gasteiger partial charge in [0.25, 0.3) is 0 Å². The number of hydrogen-bond donors (Lipinski definition) is 2. The average Bonchev–Trinajstić information content (AvgIpc) is 2.29. The molecule has 0 spiro atoms. The van der Waals surface area contributed by atoms with Gasteiger partial charge in [0.15, 0.2) is 0 Å². The third-order valence-electron chi connectivity index (χ3n) is 3.36. The van der Waals surface area contributed by atoms with E-state index in [9.17, 15) is 5.11 Å². The standard InChI is InChI=1S/C14H22O3/c1-10-11(2)13(17-4)7-6-12(10)14(3,16)8-5-9-15/h6-7,15-16H,5,8-9H2,1-4H3. The molecule has 17 heavy (non-hydrogen) atoms. The summed E-state index contributed by atoms with van der Waals surface area (Å²) in [6.45, 7) is 5.86. The number of benzene rings is 1. The monoisotopic (exact) mass is 238 g/mol. The van der Waals surface area contributed by atoms with Crippen molar-refractivity contribution in [2.45, 2.75) is 39.2 Å². The van der Waals surface area contributed by atoms with Crippen molar-refractivity contribution in [3.05, 3.63) is 28.8 Å². The lowest BCUT2D eigenvalue weighted by Gasteiger charge is -2.27. The Kier molecular flexibility index (Phi) is 4.54. The minimum absolute atomic E-state index is 0.102. The van der Waals surface area contributed by atoms with Crippen molar-refractivity contribution in [2.75, 3.05) is 13.7 Å². The molecule has 0 saturated carbocycles. The molecule has 1 unspecified atom stereocenters. The summed E-state index contributed by atoms with van der Waals surface area (Å²) in [6, 6.07) is 3.78. The van der Waals surface area contributed by atoms with E-state index in [2.05, 4.69) is 0 Å². The minimum Gasteiger partial charge on any atom is -0.496 e. The minimum atomic E-state index is -0.899.